The minimum atomic E-state index is -0.839. The van der Waals surface area contributed by atoms with Gasteiger partial charge < -0.3 is 20.6 Å². The number of aryl methyl sites for hydroxylation is 1. The third-order valence-electron chi connectivity index (χ3n) is 8.00. The van der Waals surface area contributed by atoms with E-state index < -0.39 is 33.4 Å². The fraction of sp³-hybridized carbons (Fsp3) is 0.444. The number of benzene rings is 2. The van der Waals surface area contributed by atoms with Crippen LogP contribution >= 0.6 is 23.4 Å². The van der Waals surface area contributed by atoms with Gasteiger partial charge in [-0.05, 0) is 57.4 Å². The zero-order valence-corrected chi connectivity index (χ0v) is 22.0. The number of thioether (sulfide) groups is 1. The largest absolute Gasteiger partial charge is 0.394 e. The maximum absolute atomic E-state index is 14.0. The molecule has 3 amide bonds. The number of amides is 3. The van der Waals surface area contributed by atoms with Gasteiger partial charge in [0, 0.05) is 10.4 Å². The van der Waals surface area contributed by atoms with E-state index >= 15 is 0 Å². The predicted octanol–water partition coefficient (Wildman–Crippen LogP) is 4.09. The van der Waals surface area contributed by atoms with Crippen molar-refractivity contribution in [2.24, 2.45) is 11.8 Å². The molecule has 3 aliphatic rings. The first-order chi connectivity index (χ1) is 17.1. The molecule has 36 heavy (non-hydrogen) atoms. The molecular formula is C27H30ClN3O4S. The lowest BCUT2D eigenvalue weighted by molar-refractivity contribution is -0.141. The second kappa shape index (κ2) is 9.08. The van der Waals surface area contributed by atoms with Crippen LogP contribution in [0.3, 0.4) is 0 Å². The van der Waals surface area contributed by atoms with Crippen LogP contribution in [0.5, 0.6) is 0 Å². The number of anilines is 2. The third kappa shape index (κ3) is 3.73. The van der Waals surface area contributed by atoms with E-state index in [1.807, 2.05) is 56.3 Å². The molecule has 0 saturated carbocycles. The quantitative estimate of drug-likeness (QED) is 0.525. The lowest BCUT2D eigenvalue weighted by atomic mass is 9.66. The van der Waals surface area contributed by atoms with Gasteiger partial charge in [-0.15, -0.1) is 11.8 Å². The number of hydrogen-bond donors (Lipinski definition) is 3. The summed E-state index contributed by atoms with van der Waals surface area (Å²) in [6.07, 6.45) is 1.35. The smallest absolute Gasteiger partial charge is 0.248 e. The Labute approximate surface area is 220 Å². The van der Waals surface area contributed by atoms with Crippen LogP contribution in [0.4, 0.5) is 11.4 Å². The van der Waals surface area contributed by atoms with E-state index in [-0.39, 0.29) is 24.3 Å². The van der Waals surface area contributed by atoms with Crippen molar-refractivity contribution in [1.82, 2.24) is 4.90 Å². The predicted molar refractivity (Wildman–Crippen MR) is 142 cm³/mol. The average molecular weight is 528 g/mol. The molecule has 0 aliphatic carbocycles. The van der Waals surface area contributed by atoms with Crippen molar-refractivity contribution in [3.63, 3.8) is 0 Å². The molecular weight excluding hydrogens is 498 g/mol. The highest BCUT2D eigenvalue weighted by atomic mass is 35.5. The maximum Gasteiger partial charge on any atom is 0.248 e. The van der Waals surface area contributed by atoms with Crippen molar-refractivity contribution < 1.29 is 19.5 Å². The van der Waals surface area contributed by atoms with Gasteiger partial charge in [0.2, 0.25) is 17.7 Å². The number of halogens is 1. The first-order valence-electron chi connectivity index (χ1n) is 12.2. The van der Waals surface area contributed by atoms with Crippen molar-refractivity contribution in [3.8, 4) is 0 Å². The number of hydrogen-bond acceptors (Lipinski definition) is 5. The summed E-state index contributed by atoms with van der Waals surface area (Å²) in [6, 6.07) is 13.2. The van der Waals surface area contributed by atoms with E-state index in [1.54, 1.807) is 24.8 Å². The van der Waals surface area contributed by atoms with Crippen molar-refractivity contribution in [1.29, 1.82) is 0 Å². The van der Waals surface area contributed by atoms with Gasteiger partial charge in [-0.3, -0.25) is 14.4 Å². The lowest BCUT2D eigenvalue weighted by Gasteiger charge is -2.36. The van der Waals surface area contributed by atoms with E-state index in [1.165, 1.54) is 4.90 Å². The van der Waals surface area contributed by atoms with Crippen LogP contribution in [-0.2, 0) is 14.4 Å². The second-order valence-corrected chi connectivity index (χ2v) is 12.6. The second-order valence-electron chi connectivity index (χ2n) is 10.3. The van der Waals surface area contributed by atoms with Gasteiger partial charge in [0.1, 0.15) is 6.04 Å². The first kappa shape index (κ1) is 25.1. The number of nitrogens with zero attached hydrogens (tertiary/aromatic N) is 1. The van der Waals surface area contributed by atoms with Crippen LogP contribution in [0.2, 0.25) is 5.02 Å². The molecule has 3 N–H and O–H groups in total. The third-order valence-corrected chi connectivity index (χ3v) is 10.3. The normalized spacial score (nSPS) is 31.3. The van der Waals surface area contributed by atoms with Crippen LogP contribution in [0.15, 0.2) is 48.5 Å². The summed E-state index contributed by atoms with van der Waals surface area (Å²) in [4.78, 5) is 43.1. The van der Waals surface area contributed by atoms with E-state index in [9.17, 15) is 19.5 Å². The van der Waals surface area contributed by atoms with Gasteiger partial charge in [0.15, 0.2) is 0 Å². The summed E-state index contributed by atoms with van der Waals surface area (Å²) in [5.74, 6) is -2.07. The van der Waals surface area contributed by atoms with Crippen molar-refractivity contribution in [3.05, 3.63) is 59.1 Å². The molecule has 7 nitrogen and oxygen atoms in total. The molecule has 2 unspecified atom stereocenters. The number of carbonyl (C=O) groups excluding carboxylic acids is 3. The fourth-order valence-corrected chi connectivity index (χ4v) is 8.96. The number of aliphatic hydroxyl groups is 1. The summed E-state index contributed by atoms with van der Waals surface area (Å²) in [5.41, 5.74) is 1.99. The van der Waals surface area contributed by atoms with Crippen molar-refractivity contribution in [2.75, 3.05) is 17.2 Å². The van der Waals surface area contributed by atoms with Gasteiger partial charge in [0.25, 0.3) is 0 Å². The van der Waals surface area contributed by atoms with Crippen molar-refractivity contribution >= 4 is 52.5 Å². The SMILES string of the molecule is Cc1cccc(Cl)c1NC(=O)C1N([C@H](C)CO)C(=O)[C@@H]2[C@H](C(=O)Nc3ccccc3)[C@]3(C)CCC12S3. The van der Waals surface area contributed by atoms with Crippen LogP contribution in [-0.4, -0.2) is 55.9 Å². The number of carbonyl (C=O) groups is 3. The van der Waals surface area contributed by atoms with E-state index in [0.29, 0.717) is 29.2 Å². The van der Waals surface area contributed by atoms with Crippen LogP contribution in [0, 0.1) is 18.8 Å². The molecule has 5 rings (SSSR count). The van der Waals surface area contributed by atoms with Crippen LogP contribution in [0.1, 0.15) is 32.3 Å². The molecule has 1 spiro atoms. The molecule has 3 aliphatic heterocycles. The summed E-state index contributed by atoms with van der Waals surface area (Å²) in [6.45, 7) is 5.33. The first-order valence-corrected chi connectivity index (χ1v) is 13.4. The van der Waals surface area contributed by atoms with Gasteiger partial charge in [-0.2, -0.15) is 0 Å². The molecule has 2 aromatic rings. The molecule has 6 atom stereocenters. The topological polar surface area (TPSA) is 98.7 Å². The van der Waals surface area contributed by atoms with Gasteiger partial charge in [-0.1, -0.05) is 41.9 Å². The Kier molecular flexibility index (Phi) is 6.34. The molecule has 3 heterocycles. The summed E-state index contributed by atoms with van der Waals surface area (Å²) in [5, 5.41) is 16.4. The lowest BCUT2D eigenvalue weighted by Crippen LogP contribution is -2.54. The Morgan fingerprint density at radius 1 is 1.14 bits per heavy atom. The summed E-state index contributed by atoms with van der Waals surface area (Å²) >= 11 is 7.98. The number of para-hydroxylation sites is 2. The molecule has 2 aromatic carbocycles. The highest BCUT2D eigenvalue weighted by Gasteiger charge is 2.77. The number of nitrogens with one attached hydrogen (secondary N) is 2. The average Bonchev–Trinajstić information content (AvgIpc) is 3.42. The Morgan fingerprint density at radius 2 is 1.86 bits per heavy atom. The minimum Gasteiger partial charge on any atom is -0.394 e. The van der Waals surface area contributed by atoms with Crippen LogP contribution in [0.25, 0.3) is 0 Å². The van der Waals surface area contributed by atoms with Gasteiger partial charge in [0.05, 0.1) is 39.9 Å². The number of aliphatic hydroxyl groups excluding tert-OH is 1. The van der Waals surface area contributed by atoms with Crippen molar-refractivity contribution in [2.45, 2.75) is 55.2 Å². The summed E-state index contributed by atoms with van der Waals surface area (Å²) in [7, 11) is 0. The number of fused-ring (bicyclic) bond motifs is 1. The zero-order valence-electron chi connectivity index (χ0n) is 20.5. The van der Waals surface area contributed by atoms with E-state index in [2.05, 4.69) is 10.6 Å². The molecule has 0 aromatic heterocycles. The standard InChI is InChI=1S/C27H30ClN3O4S/c1-15-8-7-11-18(28)21(15)30-24(34)22-27-13-12-26(3,36-27)19(20(27)25(35)31(22)16(2)14-32)23(33)29-17-9-5-4-6-10-17/h4-11,16,19-20,22,32H,12-14H2,1-3H3,(H,29,33)(H,30,34)/t16-,19-,20+,22?,26+,27?/m1/s1. The fourth-order valence-electron chi connectivity index (χ4n) is 6.35. The Hall–Kier alpha value is -2.55. The van der Waals surface area contributed by atoms with Gasteiger partial charge >= 0.3 is 0 Å². The minimum absolute atomic E-state index is 0.212. The van der Waals surface area contributed by atoms with Gasteiger partial charge in [-0.25, -0.2) is 0 Å². The van der Waals surface area contributed by atoms with E-state index in [4.69, 9.17) is 11.6 Å². The molecule has 2 bridgehead atoms. The molecule has 190 valence electrons. The Bertz CT molecular complexity index is 1210. The van der Waals surface area contributed by atoms with Crippen LogP contribution < -0.4 is 10.6 Å². The number of likely N-dealkylation sites (tertiary alicyclic amines) is 1. The summed E-state index contributed by atoms with van der Waals surface area (Å²) < 4.78 is -1.25. The monoisotopic (exact) mass is 527 g/mol. The Balaban J connectivity index is 1.54. The molecule has 3 saturated heterocycles. The Morgan fingerprint density at radius 3 is 2.53 bits per heavy atom. The molecule has 3 fully saturated rings. The molecule has 0 radical (unpaired) electrons. The van der Waals surface area contributed by atoms with E-state index in [0.717, 1.165) is 5.56 Å². The zero-order chi connectivity index (χ0) is 25.8. The highest BCUT2D eigenvalue weighted by Crippen LogP contribution is 2.71. The number of rotatable bonds is 6. The molecule has 9 heteroatoms. The highest BCUT2D eigenvalue weighted by molar-refractivity contribution is 8.02. The maximum atomic E-state index is 14.0.